The molecule has 0 aliphatic heterocycles. The van der Waals surface area contributed by atoms with Gasteiger partial charge in [0.25, 0.3) is 5.91 Å². The number of nitrogens with two attached hydrogens (primary N) is 2. The zero-order valence-corrected chi connectivity index (χ0v) is 9.60. The van der Waals surface area contributed by atoms with Crippen molar-refractivity contribution in [3.8, 4) is 0 Å². The predicted molar refractivity (Wildman–Crippen MR) is 57.8 cm³/mol. The van der Waals surface area contributed by atoms with Gasteiger partial charge >= 0.3 is 7.59 Å². The second-order valence-corrected chi connectivity index (χ2v) is 5.60. The summed E-state index contributed by atoms with van der Waals surface area (Å²) in [5.41, 5.74) is 9.96. The zero-order valence-electron chi connectivity index (χ0n) is 7.89. The van der Waals surface area contributed by atoms with E-state index >= 15 is 0 Å². The van der Waals surface area contributed by atoms with Gasteiger partial charge in [-0.2, -0.15) is 0 Å². The van der Waals surface area contributed by atoms with E-state index in [4.69, 9.17) is 11.0 Å². The van der Waals surface area contributed by atoms with Gasteiger partial charge in [0.15, 0.2) is 5.78 Å². The first kappa shape index (κ1) is 12.1. The standard InChI is InChI=1S/C7H10N3O3PS/c1-4(11)5-2-3-6(15-5)7(12)10-14(8,9)13/h2-3H,1H3,(H5,8,9,10,12,13). The number of hydrogen-bond donors (Lipinski definition) is 3. The molecule has 1 rings (SSSR count). The maximum absolute atomic E-state index is 11.4. The molecule has 0 atom stereocenters. The Hall–Kier alpha value is -1.01. The first-order valence-electron chi connectivity index (χ1n) is 3.90. The molecule has 0 saturated heterocycles. The highest BCUT2D eigenvalue weighted by Crippen LogP contribution is 2.22. The molecule has 0 saturated carbocycles. The van der Waals surface area contributed by atoms with E-state index in [1.54, 1.807) is 0 Å². The minimum Gasteiger partial charge on any atom is -0.294 e. The third kappa shape index (κ3) is 3.56. The Morgan fingerprint density at radius 1 is 1.33 bits per heavy atom. The minimum atomic E-state index is -3.58. The summed E-state index contributed by atoms with van der Waals surface area (Å²) in [6, 6.07) is 2.96. The van der Waals surface area contributed by atoms with Crippen molar-refractivity contribution in [2.75, 3.05) is 0 Å². The number of ketones is 1. The average molecular weight is 247 g/mol. The van der Waals surface area contributed by atoms with Crippen molar-refractivity contribution < 1.29 is 14.2 Å². The number of hydrogen-bond acceptors (Lipinski definition) is 4. The van der Waals surface area contributed by atoms with E-state index in [2.05, 4.69) is 0 Å². The van der Waals surface area contributed by atoms with Crippen LogP contribution in [0.1, 0.15) is 26.3 Å². The molecule has 0 radical (unpaired) electrons. The number of carbonyl (C=O) groups excluding carboxylic acids is 2. The Kier molecular flexibility index (Phi) is 3.41. The summed E-state index contributed by atoms with van der Waals surface area (Å²) in [7, 11) is -3.58. The van der Waals surface area contributed by atoms with Gasteiger partial charge in [-0.1, -0.05) is 0 Å². The molecule has 0 aliphatic rings. The Balaban J connectivity index is 2.84. The van der Waals surface area contributed by atoms with Crippen LogP contribution >= 0.6 is 18.9 Å². The molecule has 0 fully saturated rings. The van der Waals surface area contributed by atoms with Crippen LogP contribution < -0.4 is 16.1 Å². The quantitative estimate of drug-likeness (QED) is 0.537. The average Bonchev–Trinajstić information content (AvgIpc) is 2.47. The summed E-state index contributed by atoms with van der Waals surface area (Å²) < 4.78 is 10.9. The molecule has 0 unspecified atom stereocenters. The van der Waals surface area contributed by atoms with Crippen LogP contribution in [0.4, 0.5) is 0 Å². The van der Waals surface area contributed by atoms with E-state index in [1.165, 1.54) is 19.1 Å². The molecule has 1 heterocycles. The topological polar surface area (TPSA) is 115 Å². The van der Waals surface area contributed by atoms with Crippen molar-refractivity contribution in [1.82, 2.24) is 5.09 Å². The summed E-state index contributed by atoms with van der Waals surface area (Å²) in [6.07, 6.45) is 0. The van der Waals surface area contributed by atoms with E-state index in [0.29, 0.717) is 4.88 Å². The normalized spacial score (nSPS) is 11.1. The summed E-state index contributed by atoms with van der Waals surface area (Å²) in [6.45, 7) is 1.39. The fourth-order valence-electron chi connectivity index (χ4n) is 0.863. The molecule has 0 bridgehead atoms. The van der Waals surface area contributed by atoms with E-state index in [0.717, 1.165) is 11.3 Å². The molecule has 1 aromatic rings. The highest BCUT2D eigenvalue weighted by atomic mass is 32.1. The SMILES string of the molecule is CC(=O)c1ccc(C(=O)NP(N)(N)=O)s1. The zero-order chi connectivity index (χ0) is 11.6. The third-order valence-corrected chi connectivity index (χ3v) is 3.19. The molecule has 8 heteroatoms. The fraction of sp³-hybridized carbons (Fsp3) is 0.143. The molecule has 0 aliphatic carbocycles. The molecule has 6 nitrogen and oxygen atoms in total. The van der Waals surface area contributed by atoms with Crippen LogP contribution in [-0.4, -0.2) is 11.7 Å². The lowest BCUT2D eigenvalue weighted by Gasteiger charge is -2.06. The van der Waals surface area contributed by atoms with Crippen molar-refractivity contribution in [2.45, 2.75) is 6.92 Å². The predicted octanol–water partition coefficient (Wildman–Crippen LogP) is 0.706. The van der Waals surface area contributed by atoms with Crippen molar-refractivity contribution in [3.63, 3.8) is 0 Å². The lowest BCUT2D eigenvalue weighted by molar-refractivity contribution is 0.0983. The Morgan fingerprint density at radius 3 is 2.27 bits per heavy atom. The van der Waals surface area contributed by atoms with Gasteiger partial charge in [0.2, 0.25) is 0 Å². The van der Waals surface area contributed by atoms with E-state index in [9.17, 15) is 14.2 Å². The van der Waals surface area contributed by atoms with Gasteiger partial charge < -0.3 is 0 Å². The highest BCUT2D eigenvalue weighted by Gasteiger charge is 2.17. The van der Waals surface area contributed by atoms with Gasteiger partial charge in [0, 0.05) is 0 Å². The third-order valence-electron chi connectivity index (χ3n) is 1.45. The minimum absolute atomic E-state index is 0.136. The van der Waals surface area contributed by atoms with Gasteiger partial charge in [-0.3, -0.25) is 30.2 Å². The van der Waals surface area contributed by atoms with Gasteiger partial charge in [-0.15, -0.1) is 11.3 Å². The van der Waals surface area contributed by atoms with Crippen molar-refractivity contribution in [2.24, 2.45) is 11.0 Å². The van der Waals surface area contributed by atoms with E-state index in [-0.39, 0.29) is 10.7 Å². The maximum Gasteiger partial charge on any atom is 0.300 e. The Morgan fingerprint density at radius 2 is 1.87 bits per heavy atom. The molecule has 0 aromatic carbocycles. The Bertz CT molecular complexity index is 450. The first-order valence-corrected chi connectivity index (χ1v) is 6.56. The molecule has 15 heavy (non-hydrogen) atoms. The lowest BCUT2D eigenvalue weighted by Crippen LogP contribution is -2.27. The number of amides is 1. The summed E-state index contributed by atoms with van der Waals surface area (Å²) in [5, 5.41) is 1.96. The number of rotatable bonds is 3. The highest BCUT2D eigenvalue weighted by molar-refractivity contribution is 7.57. The summed E-state index contributed by atoms with van der Waals surface area (Å²) in [5.74, 6) is -0.774. The molecule has 82 valence electrons. The van der Waals surface area contributed by atoms with Gasteiger partial charge in [0.05, 0.1) is 9.75 Å². The number of Topliss-reactive ketones (excluding diaryl/α,β-unsaturated/α-hetero) is 1. The van der Waals surface area contributed by atoms with Gasteiger partial charge in [0.1, 0.15) is 0 Å². The van der Waals surface area contributed by atoms with Crippen LogP contribution in [0.2, 0.25) is 0 Å². The summed E-state index contributed by atoms with van der Waals surface area (Å²) >= 11 is 0.996. The monoisotopic (exact) mass is 247 g/mol. The Labute approximate surface area is 90.2 Å². The van der Waals surface area contributed by atoms with Crippen LogP contribution in [0.25, 0.3) is 0 Å². The fourth-order valence-corrected chi connectivity index (χ4v) is 2.17. The first-order chi connectivity index (χ1) is 6.79. The second kappa shape index (κ2) is 4.24. The van der Waals surface area contributed by atoms with Crippen LogP contribution in [0, 0.1) is 0 Å². The van der Waals surface area contributed by atoms with Crippen LogP contribution in [0.15, 0.2) is 12.1 Å². The van der Waals surface area contributed by atoms with Crippen LogP contribution in [-0.2, 0) is 4.57 Å². The van der Waals surface area contributed by atoms with Crippen molar-refractivity contribution in [3.05, 3.63) is 21.9 Å². The molecule has 1 amide bonds. The van der Waals surface area contributed by atoms with E-state index < -0.39 is 13.5 Å². The number of thiophene rings is 1. The van der Waals surface area contributed by atoms with Crippen molar-refractivity contribution >= 4 is 30.6 Å². The lowest BCUT2D eigenvalue weighted by atomic mass is 10.3. The van der Waals surface area contributed by atoms with Crippen molar-refractivity contribution in [1.29, 1.82) is 0 Å². The van der Waals surface area contributed by atoms with Crippen LogP contribution in [0.3, 0.4) is 0 Å². The molecular formula is C7H10N3O3PS. The molecule has 0 spiro atoms. The summed E-state index contributed by atoms with van der Waals surface area (Å²) in [4.78, 5) is 23.0. The van der Waals surface area contributed by atoms with Crippen LogP contribution in [0.5, 0.6) is 0 Å². The number of carbonyl (C=O) groups is 2. The molecular weight excluding hydrogens is 237 g/mol. The van der Waals surface area contributed by atoms with Gasteiger partial charge in [-0.25, -0.2) is 0 Å². The van der Waals surface area contributed by atoms with E-state index in [1.807, 2.05) is 5.09 Å². The largest absolute Gasteiger partial charge is 0.300 e. The second-order valence-electron chi connectivity index (χ2n) is 2.87. The smallest absolute Gasteiger partial charge is 0.294 e. The molecule has 5 N–H and O–H groups in total. The number of nitrogens with one attached hydrogen (secondary N) is 1. The molecule has 1 aromatic heterocycles. The maximum atomic E-state index is 11.4. The van der Waals surface area contributed by atoms with Gasteiger partial charge in [-0.05, 0) is 19.1 Å².